The van der Waals surface area contributed by atoms with E-state index < -0.39 is 0 Å². The fraction of sp³-hybridized carbons (Fsp3) is 1.00. The number of hydrogen-bond acceptors (Lipinski definition) is 0. The lowest BCUT2D eigenvalue weighted by Gasteiger charge is -2.29. The van der Waals surface area contributed by atoms with Gasteiger partial charge in [0.1, 0.15) is 13.1 Å². The first-order valence-electron chi connectivity index (χ1n) is 4.59. The zero-order valence-electron chi connectivity index (χ0n) is 8.78. The van der Waals surface area contributed by atoms with Crippen LogP contribution < -0.4 is 4.90 Å². The molecule has 0 aliphatic heterocycles. The molecule has 11 heavy (non-hydrogen) atoms. The zero-order valence-corrected chi connectivity index (χ0v) is 8.78. The van der Waals surface area contributed by atoms with Crippen LogP contribution in [0, 0.1) is 0 Å². The highest BCUT2D eigenvalue weighted by molar-refractivity contribution is 4.30. The molecule has 0 aromatic carbocycles. The van der Waals surface area contributed by atoms with Crippen LogP contribution in [0.1, 0.15) is 13.3 Å². The second kappa shape index (κ2) is 4.73. The van der Waals surface area contributed by atoms with Gasteiger partial charge in [0, 0.05) is 0 Å². The van der Waals surface area contributed by atoms with Crippen molar-refractivity contribution in [2.24, 2.45) is 0 Å². The number of nitrogens with zero attached hydrogens (tertiary/aromatic N) is 1. The van der Waals surface area contributed by atoms with Gasteiger partial charge >= 0.3 is 0 Å². The van der Waals surface area contributed by atoms with Crippen LogP contribution in [-0.4, -0.2) is 52.3 Å². The molecule has 0 amide bonds. The quantitative estimate of drug-likeness (QED) is 0.523. The molecule has 0 heterocycles. The van der Waals surface area contributed by atoms with Crippen molar-refractivity contribution < 1.29 is 9.38 Å². The standard InChI is InChI=1S/C9H23N2/c1-6-8-11(4,5)9-7-10(2)3/h6-9H2,1-5H3/q+1/p+1. The maximum absolute atomic E-state index is 2.31. The highest BCUT2D eigenvalue weighted by atomic mass is 15.3. The largest absolute Gasteiger partial charge is 0.335 e. The summed E-state index contributed by atoms with van der Waals surface area (Å²) in [4.78, 5) is 1.55. The lowest BCUT2D eigenvalue weighted by atomic mass is 10.3. The number of hydrogen-bond donors (Lipinski definition) is 1. The molecule has 0 aliphatic rings. The highest BCUT2D eigenvalue weighted by Gasteiger charge is 2.14. The molecule has 0 aromatic heterocycles. The molecule has 0 atom stereocenters. The van der Waals surface area contributed by atoms with Gasteiger partial charge in [0.15, 0.2) is 0 Å². The monoisotopic (exact) mass is 160 g/mol. The van der Waals surface area contributed by atoms with E-state index >= 15 is 0 Å². The van der Waals surface area contributed by atoms with Crippen LogP contribution in [-0.2, 0) is 0 Å². The number of rotatable bonds is 5. The molecule has 0 aromatic rings. The van der Waals surface area contributed by atoms with Crippen LogP contribution in [0.25, 0.3) is 0 Å². The van der Waals surface area contributed by atoms with Crippen molar-refractivity contribution >= 4 is 0 Å². The minimum atomic E-state index is 1.17. The second-order valence-corrected chi connectivity index (χ2v) is 4.34. The lowest BCUT2D eigenvalue weighted by Crippen LogP contribution is -3.06. The van der Waals surface area contributed by atoms with Gasteiger partial charge in [-0.2, -0.15) is 0 Å². The number of nitrogens with one attached hydrogen (secondary N) is 1. The highest BCUT2D eigenvalue weighted by Crippen LogP contribution is 1.95. The molecule has 68 valence electrons. The van der Waals surface area contributed by atoms with Gasteiger partial charge in [0.25, 0.3) is 0 Å². The van der Waals surface area contributed by atoms with Gasteiger partial charge in [-0.25, -0.2) is 0 Å². The Morgan fingerprint density at radius 2 is 1.64 bits per heavy atom. The van der Waals surface area contributed by atoms with Crippen molar-refractivity contribution in [1.82, 2.24) is 0 Å². The fourth-order valence-corrected chi connectivity index (χ4v) is 1.24. The average molecular weight is 160 g/mol. The van der Waals surface area contributed by atoms with Gasteiger partial charge in [-0.05, 0) is 6.42 Å². The van der Waals surface area contributed by atoms with E-state index in [0.717, 1.165) is 0 Å². The molecule has 0 spiro atoms. The van der Waals surface area contributed by atoms with Crippen molar-refractivity contribution in [3.63, 3.8) is 0 Å². The topological polar surface area (TPSA) is 4.44 Å². The van der Waals surface area contributed by atoms with E-state index in [0.29, 0.717) is 0 Å². The SMILES string of the molecule is CCC[N+](C)(C)CC[NH+](C)C. The summed E-state index contributed by atoms with van der Waals surface area (Å²) in [6.45, 7) is 6.11. The Morgan fingerprint density at radius 1 is 1.09 bits per heavy atom. The van der Waals surface area contributed by atoms with E-state index in [9.17, 15) is 0 Å². The molecule has 1 N–H and O–H groups in total. The minimum absolute atomic E-state index is 1.17. The second-order valence-electron chi connectivity index (χ2n) is 4.34. The first kappa shape index (κ1) is 10.9. The normalized spacial score (nSPS) is 12.5. The van der Waals surface area contributed by atoms with Gasteiger partial charge in [0.2, 0.25) is 0 Å². The lowest BCUT2D eigenvalue weighted by molar-refractivity contribution is -0.934. The summed E-state index contributed by atoms with van der Waals surface area (Å²) in [5, 5.41) is 0. The molecule has 0 saturated heterocycles. The molecule has 0 saturated carbocycles. The van der Waals surface area contributed by atoms with Crippen LogP contribution in [0.2, 0.25) is 0 Å². The van der Waals surface area contributed by atoms with Gasteiger partial charge in [-0.1, -0.05) is 6.92 Å². The molecule has 0 fully saturated rings. The van der Waals surface area contributed by atoms with Crippen molar-refractivity contribution in [2.75, 3.05) is 47.8 Å². The van der Waals surface area contributed by atoms with Crippen LogP contribution >= 0.6 is 0 Å². The van der Waals surface area contributed by atoms with Gasteiger partial charge < -0.3 is 9.38 Å². The molecule has 2 heteroatoms. The maximum Gasteiger partial charge on any atom is 0.128 e. The third-order valence-electron chi connectivity index (χ3n) is 2.05. The third-order valence-corrected chi connectivity index (χ3v) is 2.05. The van der Waals surface area contributed by atoms with Crippen molar-refractivity contribution in [3.8, 4) is 0 Å². The zero-order chi connectivity index (χ0) is 8.91. The number of quaternary nitrogens is 2. The smallest absolute Gasteiger partial charge is 0.128 e. The third kappa shape index (κ3) is 6.32. The average Bonchev–Trinajstić information content (AvgIpc) is 1.84. The Bertz CT molecular complexity index is 97.7. The summed E-state index contributed by atoms with van der Waals surface area (Å²) in [6, 6.07) is 0. The molecule has 2 nitrogen and oxygen atoms in total. The Kier molecular flexibility index (Phi) is 4.69. The summed E-state index contributed by atoms with van der Waals surface area (Å²) >= 11 is 0. The molecular formula is C9H24N2+2. The summed E-state index contributed by atoms with van der Waals surface area (Å²) in [7, 11) is 9.05. The first-order valence-corrected chi connectivity index (χ1v) is 4.59. The molecule has 0 radical (unpaired) electrons. The van der Waals surface area contributed by atoms with Crippen molar-refractivity contribution in [2.45, 2.75) is 13.3 Å². The minimum Gasteiger partial charge on any atom is -0.335 e. The van der Waals surface area contributed by atoms with Crippen LogP contribution in [0.4, 0.5) is 0 Å². The van der Waals surface area contributed by atoms with E-state index in [1.165, 1.54) is 30.5 Å². The van der Waals surface area contributed by atoms with Crippen molar-refractivity contribution in [3.05, 3.63) is 0 Å². The number of likely N-dealkylation sites (N-methyl/N-ethyl adjacent to an activating group) is 2. The summed E-state index contributed by atoms with van der Waals surface area (Å²) in [5.41, 5.74) is 0. The van der Waals surface area contributed by atoms with Crippen LogP contribution in [0.15, 0.2) is 0 Å². The van der Waals surface area contributed by atoms with Crippen LogP contribution in [0.5, 0.6) is 0 Å². The van der Waals surface area contributed by atoms with E-state index in [1.54, 1.807) is 4.90 Å². The predicted molar refractivity (Wildman–Crippen MR) is 49.8 cm³/mol. The summed E-state index contributed by atoms with van der Waals surface area (Å²) in [5.74, 6) is 0. The Hall–Kier alpha value is -0.0800. The molecular weight excluding hydrogens is 136 g/mol. The molecule has 0 bridgehead atoms. The Balaban J connectivity index is 3.54. The van der Waals surface area contributed by atoms with Gasteiger partial charge in [-0.3, -0.25) is 0 Å². The van der Waals surface area contributed by atoms with Gasteiger partial charge in [-0.15, -0.1) is 0 Å². The summed E-state index contributed by atoms with van der Waals surface area (Å²) < 4.78 is 1.17. The van der Waals surface area contributed by atoms with E-state index in [4.69, 9.17) is 0 Å². The first-order chi connectivity index (χ1) is 4.98. The fourth-order valence-electron chi connectivity index (χ4n) is 1.24. The molecule has 0 aliphatic carbocycles. The van der Waals surface area contributed by atoms with Gasteiger partial charge in [0.05, 0.1) is 34.7 Å². The van der Waals surface area contributed by atoms with E-state index in [1.807, 2.05) is 0 Å². The van der Waals surface area contributed by atoms with E-state index in [2.05, 4.69) is 35.1 Å². The Labute approximate surface area is 71.4 Å². The summed E-state index contributed by atoms with van der Waals surface area (Å²) in [6.07, 6.45) is 1.29. The molecule has 0 rings (SSSR count). The van der Waals surface area contributed by atoms with E-state index in [-0.39, 0.29) is 0 Å². The van der Waals surface area contributed by atoms with Crippen molar-refractivity contribution in [1.29, 1.82) is 0 Å². The van der Waals surface area contributed by atoms with Crippen LogP contribution in [0.3, 0.4) is 0 Å². The maximum atomic E-state index is 2.31. The molecule has 0 unspecified atom stereocenters. The Morgan fingerprint density at radius 3 is 2.00 bits per heavy atom. The predicted octanol–water partition coefficient (Wildman–Crippen LogP) is -0.383.